The average Bonchev–Trinajstić information content (AvgIpc) is 3.09. The van der Waals surface area contributed by atoms with Crippen molar-refractivity contribution in [1.82, 2.24) is 20.0 Å². The van der Waals surface area contributed by atoms with Crippen LogP contribution in [0, 0.1) is 0 Å². The van der Waals surface area contributed by atoms with Crippen molar-refractivity contribution in [3.05, 3.63) is 48.8 Å². The molecule has 2 N–H and O–H groups in total. The predicted octanol–water partition coefficient (Wildman–Crippen LogP) is 1.61. The molecule has 7 nitrogen and oxygen atoms in total. The van der Waals surface area contributed by atoms with Crippen LogP contribution >= 0.6 is 0 Å². The molecule has 0 spiro atoms. The molecule has 3 rings (SSSR count). The summed E-state index contributed by atoms with van der Waals surface area (Å²) in [6.07, 6.45) is 3.08. The SMILES string of the molecule is Cn1nccc1S(=O)(=O)Nc1cccc(-c2ccn[nH]2)c1. The number of nitrogens with zero attached hydrogens (tertiary/aromatic N) is 3. The number of aryl methyl sites for hydroxylation is 1. The first-order valence-corrected chi connectivity index (χ1v) is 7.65. The van der Waals surface area contributed by atoms with Gasteiger partial charge in [-0.2, -0.15) is 18.6 Å². The lowest BCUT2D eigenvalue weighted by molar-refractivity contribution is 0.582. The Balaban J connectivity index is 1.92. The summed E-state index contributed by atoms with van der Waals surface area (Å²) in [7, 11) is -2.08. The minimum Gasteiger partial charge on any atom is -0.278 e. The summed E-state index contributed by atoms with van der Waals surface area (Å²) in [6.45, 7) is 0. The molecule has 0 radical (unpaired) electrons. The Morgan fingerprint density at radius 2 is 2.05 bits per heavy atom. The number of H-pyrrole nitrogens is 1. The van der Waals surface area contributed by atoms with E-state index in [1.54, 1.807) is 31.4 Å². The Kier molecular flexibility index (Phi) is 3.22. The molecular formula is C13H13N5O2S. The summed E-state index contributed by atoms with van der Waals surface area (Å²) < 4.78 is 28.4. The van der Waals surface area contributed by atoms with Crippen molar-refractivity contribution in [2.24, 2.45) is 7.05 Å². The summed E-state index contributed by atoms with van der Waals surface area (Å²) in [5.74, 6) is 0. The Bertz CT molecular complexity index is 852. The number of sulfonamides is 1. The van der Waals surface area contributed by atoms with E-state index in [2.05, 4.69) is 20.0 Å². The molecule has 2 heterocycles. The lowest BCUT2D eigenvalue weighted by atomic mass is 10.1. The van der Waals surface area contributed by atoms with Gasteiger partial charge in [0.2, 0.25) is 0 Å². The molecule has 108 valence electrons. The van der Waals surface area contributed by atoms with Crippen molar-refractivity contribution in [3.63, 3.8) is 0 Å². The first kappa shape index (κ1) is 13.4. The summed E-state index contributed by atoms with van der Waals surface area (Å²) in [5, 5.41) is 10.7. The first-order chi connectivity index (χ1) is 10.1. The largest absolute Gasteiger partial charge is 0.279 e. The van der Waals surface area contributed by atoms with Gasteiger partial charge >= 0.3 is 0 Å². The van der Waals surface area contributed by atoms with Crippen LogP contribution in [0.3, 0.4) is 0 Å². The number of hydrogen-bond donors (Lipinski definition) is 2. The molecule has 0 bridgehead atoms. The van der Waals surface area contributed by atoms with Gasteiger partial charge in [0.1, 0.15) is 0 Å². The molecule has 8 heteroatoms. The number of anilines is 1. The number of aromatic nitrogens is 4. The molecule has 0 aliphatic heterocycles. The summed E-state index contributed by atoms with van der Waals surface area (Å²) in [6, 6.07) is 10.3. The van der Waals surface area contributed by atoms with Gasteiger partial charge in [0.05, 0.1) is 11.9 Å². The second-order valence-corrected chi connectivity index (χ2v) is 6.08. The lowest BCUT2D eigenvalue weighted by Gasteiger charge is -2.09. The highest BCUT2D eigenvalue weighted by Gasteiger charge is 2.18. The van der Waals surface area contributed by atoms with Crippen LogP contribution in [0.25, 0.3) is 11.3 Å². The van der Waals surface area contributed by atoms with Crippen molar-refractivity contribution in [3.8, 4) is 11.3 Å². The lowest BCUT2D eigenvalue weighted by Crippen LogP contribution is -2.16. The molecule has 2 aromatic heterocycles. The van der Waals surface area contributed by atoms with E-state index in [4.69, 9.17) is 0 Å². The van der Waals surface area contributed by atoms with Crippen molar-refractivity contribution >= 4 is 15.7 Å². The van der Waals surface area contributed by atoms with Crippen molar-refractivity contribution < 1.29 is 8.42 Å². The van der Waals surface area contributed by atoms with Crippen LogP contribution < -0.4 is 4.72 Å². The van der Waals surface area contributed by atoms with E-state index in [-0.39, 0.29) is 5.03 Å². The fourth-order valence-electron chi connectivity index (χ4n) is 2.00. The molecule has 0 fully saturated rings. The number of aromatic amines is 1. The topological polar surface area (TPSA) is 92.7 Å². The van der Waals surface area contributed by atoms with Gasteiger partial charge in [0.15, 0.2) is 5.03 Å². The zero-order valence-corrected chi connectivity index (χ0v) is 12.0. The van der Waals surface area contributed by atoms with Crippen molar-refractivity contribution in [1.29, 1.82) is 0 Å². The second-order valence-electron chi connectivity index (χ2n) is 4.45. The molecule has 0 amide bonds. The maximum atomic E-state index is 12.3. The molecule has 0 unspecified atom stereocenters. The Morgan fingerprint density at radius 3 is 2.71 bits per heavy atom. The van der Waals surface area contributed by atoms with E-state index in [1.165, 1.54) is 16.9 Å². The van der Waals surface area contributed by atoms with Gasteiger partial charge in [0.25, 0.3) is 10.0 Å². The maximum Gasteiger partial charge on any atom is 0.279 e. The Morgan fingerprint density at radius 1 is 1.19 bits per heavy atom. The zero-order chi connectivity index (χ0) is 14.9. The van der Waals surface area contributed by atoms with E-state index in [0.717, 1.165) is 11.3 Å². The summed E-state index contributed by atoms with van der Waals surface area (Å²) >= 11 is 0. The molecule has 0 saturated carbocycles. The van der Waals surface area contributed by atoms with E-state index in [0.29, 0.717) is 5.69 Å². The predicted molar refractivity (Wildman–Crippen MR) is 78.0 cm³/mol. The summed E-state index contributed by atoms with van der Waals surface area (Å²) in [4.78, 5) is 0. The molecule has 21 heavy (non-hydrogen) atoms. The molecule has 1 aromatic carbocycles. The fraction of sp³-hybridized carbons (Fsp3) is 0.0769. The molecule has 3 aromatic rings. The average molecular weight is 303 g/mol. The Hall–Kier alpha value is -2.61. The van der Waals surface area contributed by atoms with E-state index in [9.17, 15) is 8.42 Å². The second kappa shape index (κ2) is 5.06. The van der Waals surface area contributed by atoms with Crippen molar-refractivity contribution in [2.75, 3.05) is 4.72 Å². The van der Waals surface area contributed by atoms with E-state index < -0.39 is 10.0 Å². The molecule has 0 aliphatic rings. The Labute approximate surface area is 121 Å². The fourth-order valence-corrected chi connectivity index (χ4v) is 3.18. The minimum atomic E-state index is -3.66. The van der Waals surface area contributed by atoms with Gasteiger partial charge in [-0.3, -0.25) is 14.5 Å². The van der Waals surface area contributed by atoms with Gasteiger partial charge in [-0.1, -0.05) is 12.1 Å². The smallest absolute Gasteiger partial charge is 0.278 e. The highest BCUT2D eigenvalue weighted by atomic mass is 32.2. The highest BCUT2D eigenvalue weighted by molar-refractivity contribution is 7.92. The molecule has 0 saturated heterocycles. The molecule has 0 atom stereocenters. The van der Waals surface area contributed by atoms with E-state index >= 15 is 0 Å². The van der Waals surface area contributed by atoms with Crippen LogP contribution in [0.5, 0.6) is 0 Å². The number of nitrogens with one attached hydrogen (secondary N) is 2. The van der Waals surface area contributed by atoms with Gasteiger partial charge in [-0.25, -0.2) is 0 Å². The third-order valence-corrected chi connectivity index (χ3v) is 4.43. The van der Waals surface area contributed by atoms with Crippen LogP contribution in [-0.2, 0) is 17.1 Å². The van der Waals surface area contributed by atoms with Crippen molar-refractivity contribution in [2.45, 2.75) is 5.03 Å². The van der Waals surface area contributed by atoms with Crippen LogP contribution in [0.15, 0.2) is 53.8 Å². The first-order valence-electron chi connectivity index (χ1n) is 6.17. The monoisotopic (exact) mass is 303 g/mol. The van der Waals surface area contributed by atoms with Gasteiger partial charge in [0, 0.05) is 24.5 Å². The third-order valence-electron chi connectivity index (χ3n) is 2.98. The molecular weight excluding hydrogens is 290 g/mol. The standard InChI is InChI=1S/C13H13N5O2S/c1-18-13(6-8-15-18)21(19,20)17-11-4-2-3-10(9-11)12-5-7-14-16-12/h2-9,17H,1H3,(H,14,16). The van der Waals surface area contributed by atoms with Gasteiger partial charge in [-0.05, 0) is 24.3 Å². The van der Waals surface area contributed by atoms with Crippen LogP contribution in [0.2, 0.25) is 0 Å². The zero-order valence-electron chi connectivity index (χ0n) is 11.2. The normalized spacial score (nSPS) is 11.5. The van der Waals surface area contributed by atoms with Crippen LogP contribution in [0.4, 0.5) is 5.69 Å². The quantitative estimate of drug-likeness (QED) is 0.766. The van der Waals surface area contributed by atoms with Gasteiger partial charge < -0.3 is 0 Å². The van der Waals surface area contributed by atoms with Crippen LogP contribution in [0.1, 0.15) is 0 Å². The minimum absolute atomic E-state index is 0.106. The van der Waals surface area contributed by atoms with Crippen LogP contribution in [-0.4, -0.2) is 28.4 Å². The maximum absolute atomic E-state index is 12.3. The third kappa shape index (κ3) is 2.65. The summed E-state index contributed by atoms with van der Waals surface area (Å²) in [5.41, 5.74) is 2.14. The number of hydrogen-bond acceptors (Lipinski definition) is 4. The molecule has 0 aliphatic carbocycles. The van der Waals surface area contributed by atoms with E-state index in [1.807, 2.05) is 12.1 Å². The van der Waals surface area contributed by atoms with Gasteiger partial charge in [-0.15, -0.1) is 0 Å². The number of benzene rings is 1. The number of rotatable bonds is 4. The highest BCUT2D eigenvalue weighted by Crippen LogP contribution is 2.22.